The second-order valence-corrected chi connectivity index (χ2v) is 17.3. The molecule has 70 heavy (non-hydrogen) atoms. The lowest BCUT2D eigenvalue weighted by atomic mass is 9.96. The number of aromatic nitrogens is 2. The van der Waals surface area contributed by atoms with E-state index in [2.05, 4.69) is 20.1 Å². The number of hydrogen-bond acceptors (Lipinski definition) is 12. The topological polar surface area (TPSA) is 218 Å². The van der Waals surface area contributed by atoms with Crippen molar-refractivity contribution in [1.29, 1.82) is 5.26 Å². The molecule has 6 aromatic rings. The largest absolute Gasteiger partial charge is 0.488 e. The Balaban J connectivity index is 1.21. The number of rotatable bonds is 25. The fourth-order valence-electron chi connectivity index (χ4n) is 7.20. The van der Waals surface area contributed by atoms with E-state index < -0.39 is 23.9 Å². The lowest BCUT2D eigenvalue weighted by molar-refractivity contribution is -0.142. The highest BCUT2D eigenvalue weighted by molar-refractivity contribution is 6.37. The normalized spacial score (nSPS) is 11.8. The Morgan fingerprint density at radius 1 is 0.657 bits per heavy atom. The van der Waals surface area contributed by atoms with Crippen molar-refractivity contribution in [3.63, 3.8) is 0 Å². The third-order valence-electron chi connectivity index (χ3n) is 10.9. The molecule has 362 valence electrons. The predicted octanol–water partition coefficient (Wildman–Crippen LogP) is 10.4. The number of benzene rings is 4. The van der Waals surface area contributed by atoms with E-state index in [1.807, 2.05) is 24.3 Å². The van der Waals surface area contributed by atoms with Gasteiger partial charge in [-0.05, 0) is 61.1 Å². The summed E-state index contributed by atoms with van der Waals surface area (Å²) in [6.45, 7) is 6.77. The predicted molar refractivity (Wildman–Crippen MR) is 263 cm³/mol. The maximum Gasteiger partial charge on any atom is 0.320 e. The average Bonchev–Trinajstić information content (AvgIpc) is 3.35. The van der Waals surface area contributed by atoms with E-state index in [1.165, 1.54) is 12.4 Å². The molecule has 0 aliphatic rings. The number of carboxylic acids is 2. The van der Waals surface area contributed by atoms with Crippen molar-refractivity contribution in [3.8, 4) is 40.2 Å². The minimum atomic E-state index is -1.13. The molecule has 15 nitrogen and oxygen atoms in total. The molecule has 5 N–H and O–H groups in total. The number of pyridine rings is 2. The van der Waals surface area contributed by atoms with E-state index in [0.717, 1.165) is 0 Å². The van der Waals surface area contributed by atoms with Crippen LogP contribution in [-0.4, -0.2) is 61.6 Å². The molecule has 0 unspecified atom stereocenters. The minimum Gasteiger partial charge on any atom is -0.488 e. The number of aryl methyl sites for hydroxylation is 1. The summed E-state index contributed by atoms with van der Waals surface area (Å²) < 4.78 is 24.8. The fraction of sp³-hybridized carbons (Fsp3) is 0.255. The summed E-state index contributed by atoms with van der Waals surface area (Å²) in [5, 5.41) is 51.5. The lowest BCUT2D eigenvalue weighted by Crippen LogP contribution is -2.37. The van der Waals surface area contributed by atoms with Gasteiger partial charge in [0.05, 0.1) is 38.1 Å². The van der Waals surface area contributed by atoms with Crippen molar-refractivity contribution in [1.82, 2.24) is 15.3 Å². The number of ether oxygens (including phenoxy) is 4. The Bertz CT molecular complexity index is 2720. The number of aliphatic hydroxyl groups excluding tert-OH is 2. The zero-order chi connectivity index (χ0) is 50.2. The van der Waals surface area contributed by atoms with Crippen LogP contribution in [0.25, 0.3) is 16.0 Å². The molecule has 0 bridgehead atoms. The average molecular weight is 1030 g/mol. The van der Waals surface area contributed by atoms with Gasteiger partial charge in [0.1, 0.15) is 61.5 Å². The number of nitriles is 1. The highest BCUT2D eigenvalue weighted by Crippen LogP contribution is 2.40. The number of hydrogen-bond donors (Lipinski definition) is 5. The van der Waals surface area contributed by atoms with Crippen LogP contribution in [0.3, 0.4) is 0 Å². The summed E-state index contributed by atoms with van der Waals surface area (Å²) in [5.74, 6) is -1.73. The lowest BCUT2D eigenvalue weighted by Gasteiger charge is -2.19. The number of nitrogens with zero attached hydrogens (tertiary/aromatic N) is 4. The molecule has 0 spiro atoms. The first kappa shape index (κ1) is 52.7. The number of carboxylic acid groups (broad SMARTS) is 2. The molecule has 0 aliphatic heterocycles. The van der Waals surface area contributed by atoms with Gasteiger partial charge in [0, 0.05) is 90.1 Å². The van der Waals surface area contributed by atoms with Crippen LogP contribution in [0.5, 0.6) is 23.0 Å². The minimum absolute atomic E-state index is 0.0194. The molecule has 2 aromatic heterocycles. The highest BCUT2D eigenvalue weighted by Gasteiger charge is 2.22. The Morgan fingerprint density at radius 2 is 1.20 bits per heavy atom. The quantitative estimate of drug-likeness (QED) is 0.0337. The number of aliphatic hydroxyl groups is 2. The Hall–Kier alpha value is -6.66. The second kappa shape index (κ2) is 25.8. The number of halogens is 4. The second-order valence-electron chi connectivity index (χ2n) is 15.7. The molecular formula is C51H45Cl4N5O10. The molecule has 2 heterocycles. The van der Waals surface area contributed by atoms with Gasteiger partial charge >= 0.3 is 11.9 Å². The number of nitrogens with one attached hydrogen (secondary N) is 1. The summed E-state index contributed by atoms with van der Waals surface area (Å²) in [6, 6.07) is 21.6. The van der Waals surface area contributed by atoms with Crippen LogP contribution >= 0.6 is 46.4 Å². The first-order chi connectivity index (χ1) is 33.8. The van der Waals surface area contributed by atoms with E-state index in [4.69, 9.17) is 71.9 Å². The third kappa shape index (κ3) is 14.2. The van der Waals surface area contributed by atoms with E-state index in [1.54, 1.807) is 67.0 Å². The van der Waals surface area contributed by atoms with E-state index in [9.17, 15) is 35.3 Å². The van der Waals surface area contributed by atoms with E-state index in [0.29, 0.717) is 77.3 Å². The summed E-state index contributed by atoms with van der Waals surface area (Å²) in [6.07, 6.45) is 6.58. The summed E-state index contributed by atoms with van der Waals surface area (Å²) >= 11 is 27.6. The van der Waals surface area contributed by atoms with Gasteiger partial charge in [0.25, 0.3) is 0 Å². The van der Waals surface area contributed by atoms with Gasteiger partial charge in [-0.15, -0.1) is 0 Å². The zero-order valence-electron chi connectivity index (χ0n) is 37.2. The van der Waals surface area contributed by atoms with Crippen LogP contribution in [-0.2, 0) is 49.0 Å². The van der Waals surface area contributed by atoms with Crippen molar-refractivity contribution >= 4 is 64.0 Å². The summed E-state index contributed by atoms with van der Waals surface area (Å²) in [5.41, 5.74) is 5.49. The molecule has 19 heteroatoms. The van der Waals surface area contributed by atoms with Crippen LogP contribution in [0, 0.1) is 23.8 Å². The van der Waals surface area contributed by atoms with E-state index >= 15 is 0 Å². The van der Waals surface area contributed by atoms with Crippen LogP contribution < -0.4 is 24.3 Å². The molecule has 0 saturated carbocycles. The first-order valence-electron chi connectivity index (χ1n) is 21.6. The van der Waals surface area contributed by atoms with Crippen molar-refractivity contribution < 1.29 is 49.0 Å². The summed E-state index contributed by atoms with van der Waals surface area (Å²) in [7, 11) is 0. The first-order valence-corrected chi connectivity index (χ1v) is 23.1. The van der Waals surface area contributed by atoms with Crippen LogP contribution in [0.2, 0.25) is 20.1 Å². The van der Waals surface area contributed by atoms with Crippen molar-refractivity contribution in [3.05, 3.63) is 168 Å². The molecule has 2 atom stereocenters. The fourth-order valence-corrected chi connectivity index (χ4v) is 8.25. The van der Waals surface area contributed by atoms with Gasteiger partial charge in [0.2, 0.25) is 5.69 Å². The number of carbonyl (C=O) groups is 2. The Labute approximate surface area is 423 Å². The maximum atomic E-state index is 11.8. The van der Waals surface area contributed by atoms with Gasteiger partial charge < -0.3 is 44.7 Å². The van der Waals surface area contributed by atoms with Gasteiger partial charge in [-0.25, -0.2) is 4.85 Å². The van der Waals surface area contributed by atoms with Crippen molar-refractivity contribution in [2.24, 2.45) is 5.92 Å². The Morgan fingerprint density at radius 3 is 1.74 bits per heavy atom. The van der Waals surface area contributed by atoms with Crippen LogP contribution in [0.15, 0.2) is 97.6 Å². The molecule has 4 aromatic carbocycles. The molecular weight excluding hydrogens is 984 g/mol. The van der Waals surface area contributed by atoms with Crippen molar-refractivity contribution in [2.45, 2.75) is 64.7 Å². The third-order valence-corrected chi connectivity index (χ3v) is 12.4. The van der Waals surface area contributed by atoms with Gasteiger partial charge in [0.15, 0.2) is 0 Å². The molecule has 0 aliphatic carbocycles. The van der Waals surface area contributed by atoms with Gasteiger partial charge in [-0.1, -0.05) is 82.8 Å². The summed E-state index contributed by atoms with van der Waals surface area (Å²) in [4.78, 5) is 35.2. The van der Waals surface area contributed by atoms with Gasteiger partial charge in [-0.3, -0.25) is 19.6 Å². The standard InChI is InChI=1S/C51H45Cl4N5O10/c1-57-38-15-32(23-59-25-38)27-67-44-18-46(41(52)16-34(44)9-8-33(10-12-61)50(63)64)69-28-35-4-2-6-39(48(35)54)40-7-3-5-36(49(40)55)29-70-47-19-45(68-26-31-14-30(20-56)21-58-22-31)37(17-42(47)53)24-60-43(11-13-62)51(65)66/h2-7,14-19,21-23,25,33,43,60-62H,8-13,24,26-29H2,(H,63,64)(H,65,66)/t33-,43-/m0/s1. The maximum absolute atomic E-state index is 11.8. The zero-order valence-corrected chi connectivity index (χ0v) is 40.2. The van der Waals surface area contributed by atoms with Crippen molar-refractivity contribution in [2.75, 3.05) is 13.2 Å². The molecule has 0 fully saturated rings. The molecule has 0 radical (unpaired) electrons. The van der Waals surface area contributed by atoms with Crippen LogP contribution in [0.1, 0.15) is 58.2 Å². The highest BCUT2D eigenvalue weighted by atomic mass is 35.5. The smallest absolute Gasteiger partial charge is 0.320 e. The number of aliphatic carboxylic acids is 2. The monoisotopic (exact) mass is 1030 g/mol. The molecule has 0 amide bonds. The molecule has 0 saturated heterocycles. The van der Waals surface area contributed by atoms with Gasteiger partial charge in [-0.2, -0.15) is 5.26 Å². The van der Waals surface area contributed by atoms with E-state index in [-0.39, 0.29) is 93.4 Å². The molecule has 6 rings (SSSR count). The Kier molecular flexibility index (Phi) is 19.4. The SMILES string of the molecule is [C-]#[N+]c1cncc(COc2cc(OCc3cccc(-c4cccc(COc5cc(OCc6cncc(C#N)c6)c(CN[C@@H](CCO)C(=O)O)cc5Cl)c4Cl)c3Cl)c(Cl)cc2CC[C@@H](CCO)C(=O)O)c1. The van der Waals surface area contributed by atoms with Crippen LogP contribution in [0.4, 0.5) is 5.69 Å².